The number of nitrogens with zero attached hydrogens (tertiary/aromatic N) is 3. The summed E-state index contributed by atoms with van der Waals surface area (Å²) >= 11 is 0. The monoisotopic (exact) mass is 369 g/mol. The Kier molecular flexibility index (Phi) is 8.52. The van der Waals surface area contributed by atoms with E-state index in [2.05, 4.69) is 79.4 Å². The molecule has 1 aromatic heterocycles. The van der Waals surface area contributed by atoms with Crippen molar-refractivity contribution in [3.8, 4) is 0 Å². The molecule has 0 unspecified atom stereocenters. The van der Waals surface area contributed by atoms with Gasteiger partial charge in [-0.1, -0.05) is 24.3 Å². The second-order valence-corrected chi connectivity index (χ2v) is 7.39. The number of nitrogens with one attached hydrogen (secondary N) is 2. The maximum Gasteiger partial charge on any atom is 0.191 e. The number of aliphatic imine (C=N–C) groups is 1. The van der Waals surface area contributed by atoms with E-state index < -0.39 is 0 Å². The lowest BCUT2D eigenvalue weighted by atomic mass is 10.1. The fourth-order valence-electron chi connectivity index (χ4n) is 3.38. The Bertz CT molecular complexity index is 710. The molecule has 5 heteroatoms. The zero-order valence-corrected chi connectivity index (χ0v) is 17.5. The molecule has 0 saturated carbocycles. The maximum atomic E-state index is 4.76. The van der Waals surface area contributed by atoms with Crippen molar-refractivity contribution in [2.24, 2.45) is 4.99 Å². The summed E-state index contributed by atoms with van der Waals surface area (Å²) < 4.78 is 0. The number of guanidine groups is 1. The van der Waals surface area contributed by atoms with E-state index >= 15 is 0 Å². The van der Waals surface area contributed by atoms with Crippen LogP contribution in [0.1, 0.15) is 46.6 Å². The number of fused-ring (bicyclic) bond motifs is 1. The number of para-hydroxylation sites is 1. The minimum atomic E-state index is 0.575. The van der Waals surface area contributed by atoms with Gasteiger partial charge in [0.15, 0.2) is 5.96 Å². The van der Waals surface area contributed by atoms with Crippen molar-refractivity contribution in [3.05, 3.63) is 42.1 Å². The van der Waals surface area contributed by atoms with Crippen molar-refractivity contribution < 1.29 is 0 Å². The van der Waals surface area contributed by atoms with Crippen LogP contribution >= 0.6 is 0 Å². The van der Waals surface area contributed by atoms with Gasteiger partial charge in [-0.2, -0.15) is 0 Å². The molecule has 0 saturated heterocycles. The molecule has 2 N–H and O–H groups in total. The molecule has 0 fully saturated rings. The molecule has 0 amide bonds. The summed E-state index contributed by atoms with van der Waals surface area (Å²) in [4.78, 5) is 11.8. The predicted molar refractivity (Wildman–Crippen MR) is 116 cm³/mol. The first-order chi connectivity index (χ1) is 13.0. The topological polar surface area (TPSA) is 52.6 Å². The largest absolute Gasteiger partial charge is 0.357 e. The van der Waals surface area contributed by atoms with Crippen LogP contribution in [0.5, 0.6) is 0 Å². The summed E-state index contributed by atoms with van der Waals surface area (Å²) in [7, 11) is 0. The van der Waals surface area contributed by atoms with Crippen molar-refractivity contribution in [2.45, 2.75) is 59.7 Å². The Morgan fingerprint density at radius 3 is 2.52 bits per heavy atom. The van der Waals surface area contributed by atoms with E-state index in [1.807, 2.05) is 12.3 Å². The predicted octanol–water partition coefficient (Wildman–Crippen LogP) is 3.80. The van der Waals surface area contributed by atoms with Crippen LogP contribution in [0.2, 0.25) is 0 Å². The average Bonchev–Trinajstić information content (AvgIpc) is 2.65. The SMILES string of the molecule is CCNC(=NCc1cccc2cccnc12)NCCCN(C(C)C)C(C)C. The lowest BCUT2D eigenvalue weighted by molar-refractivity contribution is 0.173. The zero-order valence-electron chi connectivity index (χ0n) is 17.5. The van der Waals surface area contributed by atoms with E-state index in [0.717, 1.165) is 48.5 Å². The first-order valence-corrected chi connectivity index (χ1v) is 10.1. The minimum absolute atomic E-state index is 0.575. The van der Waals surface area contributed by atoms with Crippen molar-refractivity contribution in [2.75, 3.05) is 19.6 Å². The van der Waals surface area contributed by atoms with Crippen molar-refractivity contribution in [3.63, 3.8) is 0 Å². The number of hydrogen-bond donors (Lipinski definition) is 2. The Morgan fingerprint density at radius 1 is 1.07 bits per heavy atom. The first-order valence-electron chi connectivity index (χ1n) is 10.1. The summed E-state index contributed by atoms with van der Waals surface area (Å²) in [6, 6.07) is 11.5. The van der Waals surface area contributed by atoms with Crippen molar-refractivity contribution in [1.82, 2.24) is 20.5 Å². The molecule has 5 nitrogen and oxygen atoms in total. The second kappa shape index (κ2) is 10.9. The highest BCUT2D eigenvalue weighted by Gasteiger charge is 2.12. The van der Waals surface area contributed by atoms with Gasteiger partial charge in [-0.25, -0.2) is 4.99 Å². The third-order valence-electron chi connectivity index (χ3n) is 4.68. The van der Waals surface area contributed by atoms with Gasteiger partial charge in [0.2, 0.25) is 0 Å². The van der Waals surface area contributed by atoms with Crippen molar-refractivity contribution >= 4 is 16.9 Å². The fraction of sp³-hybridized carbons (Fsp3) is 0.545. The highest BCUT2D eigenvalue weighted by molar-refractivity contribution is 5.83. The van der Waals surface area contributed by atoms with Crippen molar-refractivity contribution in [1.29, 1.82) is 0 Å². The number of aromatic nitrogens is 1. The fourth-order valence-corrected chi connectivity index (χ4v) is 3.38. The summed E-state index contributed by atoms with van der Waals surface area (Å²) in [6.45, 7) is 14.6. The Labute approximate surface area is 164 Å². The van der Waals surface area contributed by atoms with Crippen LogP contribution in [-0.4, -0.2) is 47.6 Å². The first kappa shape index (κ1) is 21.2. The molecule has 0 spiro atoms. The normalized spacial score (nSPS) is 12.4. The molecular weight excluding hydrogens is 334 g/mol. The molecule has 0 aliphatic heterocycles. The van der Waals surface area contributed by atoms with Gasteiger partial charge in [-0.3, -0.25) is 9.88 Å². The van der Waals surface area contributed by atoms with E-state index in [9.17, 15) is 0 Å². The lowest BCUT2D eigenvalue weighted by Crippen LogP contribution is -2.41. The van der Waals surface area contributed by atoms with Gasteiger partial charge in [0.05, 0.1) is 12.1 Å². The van der Waals surface area contributed by atoms with Gasteiger partial charge in [0, 0.05) is 43.3 Å². The number of benzene rings is 1. The van der Waals surface area contributed by atoms with Gasteiger partial charge in [-0.05, 0) is 52.7 Å². The average molecular weight is 370 g/mol. The Balaban J connectivity index is 1.94. The van der Waals surface area contributed by atoms with Crippen LogP contribution in [0, 0.1) is 0 Å². The van der Waals surface area contributed by atoms with E-state index in [-0.39, 0.29) is 0 Å². The van der Waals surface area contributed by atoms with Crippen LogP contribution in [0.3, 0.4) is 0 Å². The van der Waals surface area contributed by atoms with Crippen LogP contribution in [0.25, 0.3) is 10.9 Å². The molecule has 1 heterocycles. The number of rotatable bonds is 9. The van der Waals surface area contributed by atoms with E-state index in [4.69, 9.17) is 4.99 Å². The Hall–Kier alpha value is -2.14. The summed E-state index contributed by atoms with van der Waals surface area (Å²) in [5.74, 6) is 0.867. The number of pyridine rings is 1. The molecule has 2 aromatic rings. The van der Waals surface area contributed by atoms with Crippen LogP contribution in [0.15, 0.2) is 41.5 Å². The van der Waals surface area contributed by atoms with Gasteiger partial charge in [-0.15, -0.1) is 0 Å². The second-order valence-electron chi connectivity index (χ2n) is 7.39. The third-order valence-corrected chi connectivity index (χ3v) is 4.68. The Morgan fingerprint density at radius 2 is 1.81 bits per heavy atom. The molecule has 0 bridgehead atoms. The highest BCUT2D eigenvalue weighted by Crippen LogP contribution is 2.16. The lowest BCUT2D eigenvalue weighted by Gasteiger charge is -2.30. The van der Waals surface area contributed by atoms with Crippen LogP contribution in [-0.2, 0) is 6.54 Å². The van der Waals surface area contributed by atoms with E-state index in [1.165, 1.54) is 0 Å². The molecule has 0 radical (unpaired) electrons. The van der Waals surface area contributed by atoms with Crippen LogP contribution < -0.4 is 10.6 Å². The molecule has 0 aliphatic carbocycles. The summed E-state index contributed by atoms with van der Waals surface area (Å²) in [5.41, 5.74) is 2.18. The zero-order chi connectivity index (χ0) is 19.6. The molecule has 148 valence electrons. The molecule has 0 aliphatic rings. The summed E-state index contributed by atoms with van der Waals surface area (Å²) in [6.07, 6.45) is 2.94. The van der Waals surface area contributed by atoms with Gasteiger partial charge < -0.3 is 10.6 Å². The van der Waals surface area contributed by atoms with Gasteiger partial charge >= 0.3 is 0 Å². The summed E-state index contributed by atoms with van der Waals surface area (Å²) in [5, 5.41) is 7.96. The van der Waals surface area contributed by atoms with Crippen LogP contribution in [0.4, 0.5) is 0 Å². The quantitative estimate of drug-likeness (QED) is 0.401. The standard InChI is InChI=1S/C22H35N5/c1-6-23-22(25-14-9-15-27(17(2)3)18(4)5)26-16-20-11-7-10-19-12-8-13-24-21(19)20/h7-8,10-13,17-18H,6,9,14-16H2,1-5H3,(H2,23,25,26). The molecule has 1 aromatic carbocycles. The highest BCUT2D eigenvalue weighted by atomic mass is 15.2. The third kappa shape index (κ3) is 6.51. The smallest absolute Gasteiger partial charge is 0.191 e. The molecular formula is C22H35N5. The number of hydrogen-bond acceptors (Lipinski definition) is 3. The minimum Gasteiger partial charge on any atom is -0.357 e. The van der Waals surface area contributed by atoms with Gasteiger partial charge in [0.25, 0.3) is 0 Å². The van der Waals surface area contributed by atoms with E-state index in [1.54, 1.807) is 0 Å². The van der Waals surface area contributed by atoms with Gasteiger partial charge in [0.1, 0.15) is 0 Å². The molecule has 27 heavy (non-hydrogen) atoms. The maximum absolute atomic E-state index is 4.76. The van der Waals surface area contributed by atoms with E-state index in [0.29, 0.717) is 18.6 Å². The molecule has 0 atom stereocenters. The molecule has 2 rings (SSSR count).